The lowest BCUT2D eigenvalue weighted by atomic mass is 9.87. The third kappa shape index (κ3) is 3.96. The summed E-state index contributed by atoms with van der Waals surface area (Å²) >= 11 is 0. The molecule has 0 saturated heterocycles. The van der Waals surface area contributed by atoms with Crippen LogP contribution in [0.4, 0.5) is 0 Å². The molecule has 0 aliphatic heterocycles. The summed E-state index contributed by atoms with van der Waals surface area (Å²) in [7, 11) is 0. The number of rotatable bonds is 6. The van der Waals surface area contributed by atoms with Gasteiger partial charge in [0.25, 0.3) is 0 Å². The molecule has 0 bridgehead atoms. The molecule has 4 heteroatoms. The van der Waals surface area contributed by atoms with Crippen molar-refractivity contribution in [2.24, 2.45) is 0 Å². The second kappa shape index (κ2) is 8.09. The largest absolute Gasteiger partial charge is 0.361 e. The van der Waals surface area contributed by atoms with Crippen LogP contribution in [0.25, 0.3) is 10.9 Å². The van der Waals surface area contributed by atoms with E-state index < -0.39 is 0 Å². The van der Waals surface area contributed by atoms with Crippen LogP contribution in [-0.4, -0.2) is 15.9 Å². The number of nitrogens with zero attached hydrogens (tertiary/aromatic N) is 1. The molecular weight excluding hydrogens is 346 g/mol. The van der Waals surface area contributed by atoms with Gasteiger partial charge in [-0.3, -0.25) is 9.78 Å². The Hall–Kier alpha value is -3.40. The zero-order valence-corrected chi connectivity index (χ0v) is 15.9. The van der Waals surface area contributed by atoms with Gasteiger partial charge in [0.1, 0.15) is 0 Å². The second-order valence-corrected chi connectivity index (χ2v) is 7.05. The van der Waals surface area contributed by atoms with Crippen LogP contribution in [0, 0.1) is 6.92 Å². The molecule has 2 aromatic carbocycles. The number of nitrogens with one attached hydrogen (secondary N) is 2. The zero-order valence-electron chi connectivity index (χ0n) is 15.9. The average Bonchev–Trinajstić information content (AvgIpc) is 3.16. The summed E-state index contributed by atoms with van der Waals surface area (Å²) in [6.45, 7) is 2.51. The number of hydrogen-bond acceptors (Lipinski definition) is 2. The van der Waals surface area contributed by atoms with Crippen LogP contribution in [0.5, 0.6) is 0 Å². The highest BCUT2D eigenvalue weighted by Gasteiger charge is 2.21. The predicted octanol–water partition coefficient (Wildman–Crippen LogP) is 4.71. The lowest BCUT2D eigenvalue weighted by Crippen LogP contribution is -2.25. The molecule has 0 saturated carbocycles. The minimum Gasteiger partial charge on any atom is -0.361 e. The summed E-state index contributed by atoms with van der Waals surface area (Å²) in [6, 6.07) is 22.4. The van der Waals surface area contributed by atoms with E-state index >= 15 is 0 Å². The fraction of sp³-hybridized carbons (Fsp3) is 0.167. The molecule has 0 fully saturated rings. The summed E-state index contributed by atoms with van der Waals surface area (Å²) in [5.41, 5.74) is 5.44. The van der Waals surface area contributed by atoms with Crippen LogP contribution in [0.15, 0.2) is 79.1 Å². The minimum atomic E-state index is -0.0134. The van der Waals surface area contributed by atoms with Crippen molar-refractivity contribution >= 4 is 16.8 Å². The standard InChI is InChI=1S/C24H23N3O/c1-17-9-11-18(12-10-17)21(22-16-26-23-8-3-2-7-20(22)23)14-24(28)27-15-19-6-4-5-13-25-19/h2-13,16,21,26H,14-15H2,1H3,(H,27,28)/t21-/m0/s1. The fourth-order valence-electron chi connectivity index (χ4n) is 3.54. The number of pyridine rings is 1. The first-order chi connectivity index (χ1) is 13.7. The summed E-state index contributed by atoms with van der Waals surface area (Å²) < 4.78 is 0. The van der Waals surface area contributed by atoms with Crippen molar-refractivity contribution in [3.8, 4) is 0 Å². The predicted molar refractivity (Wildman–Crippen MR) is 112 cm³/mol. The molecule has 2 aromatic heterocycles. The molecule has 4 rings (SSSR count). The Labute approximate surface area is 164 Å². The van der Waals surface area contributed by atoms with Crippen molar-refractivity contribution in [1.82, 2.24) is 15.3 Å². The number of para-hydroxylation sites is 1. The molecule has 2 heterocycles. The van der Waals surface area contributed by atoms with E-state index in [4.69, 9.17) is 0 Å². The van der Waals surface area contributed by atoms with Gasteiger partial charge in [0.2, 0.25) is 5.91 Å². The van der Waals surface area contributed by atoms with Gasteiger partial charge in [-0.1, -0.05) is 54.1 Å². The SMILES string of the molecule is Cc1ccc([C@H](CC(=O)NCc2ccccn2)c2c[nH]c3ccccc23)cc1. The highest BCUT2D eigenvalue weighted by molar-refractivity contribution is 5.86. The molecule has 2 N–H and O–H groups in total. The maximum atomic E-state index is 12.7. The molecule has 28 heavy (non-hydrogen) atoms. The molecule has 0 aliphatic carbocycles. The summed E-state index contributed by atoms with van der Waals surface area (Å²) in [5.74, 6) is 0.00184. The summed E-state index contributed by atoms with van der Waals surface area (Å²) in [6.07, 6.45) is 4.15. The monoisotopic (exact) mass is 369 g/mol. The Kier molecular flexibility index (Phi) is 5.20. The number of aromatic nitrogens is 2. The molecular formula is C24H23N3O. The summed E-state index contributed by atoms with van der Waals surface area (Å²) in [4.78, 5) is 20.4. The Balaban J connectivity index is 1.60. The van der Waals surface area contributed by atoms with E-state index in [1.54, 1.807) is 6.20 Å². The maximum Gasteiger partial charge on any atom is 0.221 e. The Morgan fingerprint density at radius 3 is 2.61 bits per heavy atom. The first kappa shape index (κ1) is 18.0. The maximum absolute atomic E-state index is 12.7. The quantitative estimate of drug-likeness (QED) is 0.517. The first-order valence-corrected chi connectivity index (χ1v) is 9.50. The van der Waals surface area contributed by atoms with Crippen LogP contribution in [0.1, 0.15) is 34.7 Å². The average molecular weight is 369 g/mol. The van der Waals surface area contributed by atoms with Gasteiger partial charge in [-0.05, 0) is 36.2 Å². The minimum absolute atomic E-state index is 0.0134. The fourth-order valence-corrected chi connectivity index (χ4v) is 3.54. The molecule has 140 valence electrons. The molecule has 1 amide bonds. The van der Waals surface area contributed by atoms with Gasteiger partial charge in [-0.2, -0.15) is 0 Å². The van der Waals surface area contributed by atoms with Gasteiger partial charge in [-0.25, -0.2) is 0 Å². The topological polar surface area (TPSA) is 57.8 Å². The van der Waals surface area contributed by atoms with E-state index in [2.05, 4.69) is 58.6 Å². The number of benzene rings is 2. The van der Waals surface area contributed by atoms with E-state index in [9.17, 15) is 4.79 Å². The number of fused-ring (bicyclic) bond motifs is 1. The Morgan fingerprint density at radius 2 is 1.82 bits per heavy atom. The number of aromatic amines is 1. The van der Waals surface area contributed by atoms with E-state index in [0.29, 0.717) is 13.0 Å². The summed E-state index contributed by atoms with van der Waals surface area (Å²) in [5, 5.41) is 4.17. The van der Waals surface area contributed by atoms with E-state index in [1.165, 1.54) is 5.56 Å². The van der Waals surface area contributed by atoms with Gasteiger partial charge in [0, 0.05) is 35.6 Å². The van der Waals surface area contributed by atoms with E-state index in [-0.39, 0.29) is 11.8 Å². The molecule has 0 radical (unpaired) electrons. The van der Waals surface area contributed by atoms with Crippen molar-refractivity contribution in [1.29, 1.82) is 0 Å². The van der Waals surface area contributed by atoms with Gasteiger partial charge >= 0.3 is 0 Å². The van der Waals surface area contributed by atoms with Crippen molar-refractivity contribution in [3.05, 3.63) is 102 Å². The normalized spacial score (nSPS) is 12.0. The van der Waals surface area contributed by atoms with Crippen molar-refractivity contribution in [2.75, 3.05) is 0 Å². The third-order valence-corrected chi connectivity index (χ3v) is 5.06. The highest BCUT2D eigenvalue weighted by Crippen LogP contribution is 2.33. The Bertz CT molecular complexity index is 1070. The van der Waals surface area contributed by atoms with Crippen LogP contribution in [0.2, 0.25) is 0 Å². The molecule has 0 aliphatic rings. The number of hydrogen-bond donors (Lipinski definition) is 2. The molecule has 4 nitrogen and oxygen atoms in total. The zero-order chi connectivity index (χ0) is 19.3. The molecule has 1 atom stereocenters. The third-order valence-electron chi connectivity index (χ3n) is 5.06. The van der Waals surface area contributed by atoms with E-state index in [1.807, 2.05) is 36.5 Å². The van der Waals surface area contributed by atoms with Crippen LogP contribution < -0.4 is 5.32 Å². The van der Waals surface area contributed by atoms with Gasteiger partial charge in [0.05, 0.1) is 12.2 Å². The molecule has 4 aromatic rings. The van der Waals surface area contributed by atoms with Crippen LogP contribution in [-0.2, 0) is 11.3 Å². The Morgan fingerprint density at radius 1 is 1.04 bits per heavy atom. The molecule has 0 spiro atoms. The number of aryl methyl sites for hydroxylation is 1. The van der Waals surface area contributed by atoms with Gasteiger partial charge in [-0.15, -0.1) is 0 Å². The number of H-pyrrole nitrogens is 1. The number of amides is 1. The lowest BCUT2D eigenvalue weighted by Gasteiger charge is -2.17. The lowest BCUT2D eigenvalue weighted by molar-refractivity contribution is -0.121. The van der Waals surface area contributed by atoms with Crippen LogP contribution in [0.3, 0.4) is 0 Å². The first-order valence-electron chi connectivity index (χ1n) is 9.50. The molecule has 0 unspecified atom stereocenters. The number of carbonyl (C=O) groups excluding carboxylic acids is 1. The van der Waals surface area contributed by atoms with Crippen molar-refractivity contribution in [2.45, 2.75) is 25.8 Å². The van der Waals surface area contributed by atoms with Crippen LogP contribution >= 0.6 is 0 Å². The van der Waals surface area contributed by atoms with Gasteiger partial charge < -0.3 is 10.3 Å². The smallest absolute Gasteiger partial charge is 0.221 e. The van der Waals surface area contributed by atoms with Gasteiger partial charge in [0.15, 0.2) is 0 Å². The number of carbonyl (C=O) groups is 1. The van der Waals surface area contributed by atoms with Crippen molar-refractivity contribution in [3.63, 3.8) is 0 Å². The second-order valence-electron chi connectivity index (χ2n) is 7.05. The van der Waals surface area contributed by atoms with Crippen molar-refractivity contribution < 1.29 is 4.79 Å². The highest BCUT2D eigenvalue weighted by atomic mass is 16.1. The van der Waals surface area contributed by atoms with E-state index in [0.717, 1.165) is 27.7 Å².